The van der Waals surface area contributed by atoms with Gasteiger partial charge in [-0.25, -0.2) is 0 Å². The number of nitrogens with two attached hydrogens (primary N) is 1. The topological polar surface area (TPSA) is 41.3 Å². The number of likely N-dealkylation sites (tertiary alicyclic amines) is 1. The van der Waals surface area contributed by atoms with Gasteiger partial charge in [-0.3, -0.25) is 0 Å². The molecule has 1 aliphatic heterocycles. The van der Waals surface area contributed by atoms with Gasteiger partial charge < -0.3 is 16.0 Å². The second kappa shape index (κ2) is 5.59. The molecular formula is C14H22BrN3. The van der Waals surface area contributed by atoms with Crippen LogP contribution in [0, 0.1) is 6.92 Å². The number of aryl methyl sites for hydroxylation is 1. The Labute approximate surface area is 118 Å². The third kappa shape index (κ3) is 3.25. The maximum Gasteiger partial charge on any atom is 0.0622 e. The van der Waals surface area contributed by atoms with Crippen molar-refractivity contribution in [3.63, 3.8) is 0 Å². The van der Waals surface area contributed by atoms with Gasteiger partial charge in [-0.15, -0.1) is 0 Å². The Bertz CT molecular complexity index is 401. The van der Waals surface area contributed by atoms with Crippen LogP contribution in [0.1, 0.15) is 18.4 Å². The fourth-order valence-corrected chi connectivity index (χ4v) is 3.40. The van der Waals surface area contributed by atoms with Gasteiger partial charge in [0, 0.05) is 23.2 Å². The van der Waals surface area contributed by atoms with Gasteiger partial charge in [-0.1, -0.05) is 15.9 Å². The van der Waals surface area contributed by atoms with Crippen molar-refractivity contribution in [1.29, 1.82) is 0 Å². The summed E-state index contributed by atoms with van der Waals surface area (Å²) in [6.45, 7) is 4.96. The van der Waals surface area contributed by atoms with Crippen LogP contribution in [0.25, 0.3) is 0 Å². The second-order valence-electron chi connectivity index (χ2n) is 5.47. The molecular weight excluding hydrogens is 290 g/mol. The van der Waals surface area contributed by atoms with Crippen LogP contribution in [0.15, 0.2) is 22.7 Å². The van der Waals surface area contributed by atoms with Gasteiger partial charge in [-0.2, -0.15) is 0 Å². The Kier molecular flexibility index (Phi) is 4.30. The minimum absolute atomic E-state index is 0.0141. The molecule has 4 heteroatoms. The minimum atomic E-state index is 0.0141. The first-order valence-electron chi connectivity index (χ1n) is 6.47. The minimum Gasteiger partial charge on any atom is -0.377 e. The average Bonchev–Trinajstić information content (AvgIpc) is 2.27. The number of rotatable bonds is 3. The molecule has 0 amide bonds. The Morgan fingerprint density at radius 2 is 2.22 bits per heavy atom. The first-order valence-corrected chi connectivity index (χ1v) is 7.26. The monoisotopic (exact) mass is 311 g/mol. The molecule has 0 spiro atoms. The molecule has 1 heterocycles. The van der Waals surface area contributed by atoms with E-state index in [4.69, 9.17) is 5.73 Å². The number of benzene rings is 1. The van der Waals surface area contributed by atoms with Crippen molar-refractivity contribution in [1.82, 2.24) is 4.90 Å². The molecule has 1 aliphatic rings. The summed E-state index contributed by atoms with van der Waals surface area (Å²) >= 11 is 3.55. The van der Waals surface area contributed by atoms with Crippen LogP contribution >= 0.6 is 15.9 Å². The van der Waals surface area contributed by atoms with E-state index in [2.05, 4.69) is 58.3 Å². The number of piperidine rings is 1. The fraction of sp³-hybridized carbons (Fsp3) is 0.571. The van der Waals surface area contributed by atoms with E-state index >= 15 is 0 Å². The summed E-state index contributed by atoms with van der Waals surface area (Å²) in [4.78, 5) is 2.36. The van der Waals surface area contributed by atoms with Gasteiger partial charge in [0.05, 0.1) is 5.54 Å². The molecule has 1 unspecified atom stereocenters. The van der Waals surface area contributed by atoms with Gasteiger partial charge in [0.1, 0.15) is 0 Å². The quantitative estimate of drug-likeness (QED) is 0.901. The maximum atomic E-state index is 6.02. The van der Waals surface area contributed by atoms with Crippen LogP contribution in [0.4, 0.5) is 5.69 Å². The average molecular weight is 312 g/mol. The predicted molar refractivity (Wildman–Crippen MR) is 81.0 cm³/mol. The molecule has 1 atom stereocenters. The van der Waals surface area contributed by atoms with Crippen molar-refractivity contribution in [2.45, 2.75) is 25.3 Å². The third-order valence-electron chi connectivity index (χ3n) is 3.61. The number of nitrogens with one attached hydrogen (secondary N) is 1. The van der Waals surface area contributed by atoms with Gasteiger partial charge in [0.2, 0.25) is 0 Å². The van der Waals surface area contributed by atoms with E-state index in [1.165, 1.54) is 18.5 Å². The summed E-state index contributed by atoms with van der Waals surface area (Å²) < 4.78 is 1.11. The van der Waals surface area contributed by atoms with Crippen LogP contribution in [-0.4, -0.2) is 37.1 Å². The van der Waals surface area contributed by atoms with Crippen LogP contribution in [-0.2, 0) is 0 Å². The summed E-state index contributed by atoms with van der Waals surface area (Å²) in [6.07, 6.45) is 2.34. The van der Waals surface area contributed by atoms with Gasteiger partial charge >= 0.3 is 0 Å². The lowest BCUT2D eigenvalue weighted by atomic mass is 9.89. The van der Waals surface area contributed by atoms with Crippen LogP contribution in [0.3, 0.4) is 0 Å². The molecule has 3 nitrogen and oxygen atoms in total. The molecule has 0 radical (unpaired) electrons. The molecule has 18 heavy (non-hydrogen) atoms. The molecule has 1 saturated heterocycles. The lowest BCUT2D eigenvalue weighted by molar-refractivity contribution is 0.198. The summed E-state index contributed by atoms with van der Waals surface area (Å²) in [5.74, 6) is 0. The van der Waals surface area contributed by atoms with Crippen molar-refractivity contribution in [3.8, 4) is 0 Å². The largest absolute Gasteiger partial charge is 0.377 e. The Morgan fingerprint density at radius 1 is 1.44 bits per heavy atom. The highest BCUT2D eigenvalue weighted by Gasteiger charge is 2.32. The highest BCUT2D eigenvalue weighted by atomic mass is 79.9. The highest BCUT2D eigenvalue weighted by molar-refractivity contribution is 9.10. The summed E-state index contributed by atoms with van der Waals surface area (Å²) in [5.41, 5.74) is 8.45. The van der Waals surface area contributed by atoms with Crippen molar-refractivity contribution in [2.24, 2.45) is 5.73 Å². The van der Waals surface area contributed by atoms with Gasteiger partial charge in [0.15, 0.2) is 0 Å². The standard InChI is InChI=1S/C14H22BrN3/c1-11-6-12(15)8-13(7-11)17-14(9-16)4-3-5-18(2)10-14/h6-8,17H,3-5,9-10,16H2,1-2H3. The SMILES string of the molecule is Cc1cc(Br)cc(NC2(CN)CCCN(C)C2)c1. The molecule has 0 saturated carbocycles. The van der Waals surface area contributed by atoms with Crippen molar-refractivity contribution in [3.05, 3.63) is 28.2 Å². The summed E-state index contributed by atoms with van der Waals surface area (Å²) in [5, 5.41) is 3.66. The van der Waals surface area contributed by atoms with Crippen LogP contribution in [0.2, 0.25) is 0 Å². The second-order valence-corrected chi connectivity index (χ2v) is 6.38. The fourth-order valence-electron chi connectivity index (χ4n) is 2.80. The number of nitrogens with zero attached hydrogens (tertiary/aromatic N) is 1. The Balaban J connectivity index is 2.18. The number of hydrogen-bond acceptors (Lipinski definition) is 3. The first kappa shape index (κ1) is 13.8. The molecule has 0 bridgehead atoms. The molecule has 1 fully saturated rings. The Hall–Kier alpha value is -0.580. The molecule has 3 N–H and O–H groups in total. The molecule has 1 aromatic carbocycles. The smallest absolute Gasteiger partial charge is 0.0622 e. The van der Waals surface area contributed by atoms with Gasteiger partial charge in [0.25, 0.3) is 0 Å². The van der Waals surface area contributed by atoms with E-state index in [0.717, 1.165) is 23.1 Å². The lowest BCUT2D eigenvalue weighted by Gasteiger charge is -2.42. The van der Waals surface area contributed by atoms with Crippen molar-refractivity contribution < 1.29 is 0 Å². The van der Waals surface area contributed by atoms with E-state index in [1.54, 1.807) is 0 Å². The molecule has 1 aromatic rings. The van der Waals surface area contributed by atoms with Crippen LogP contribution < -0.4 is 11.1 Å². The molecule has 100 valence electrons. The number of hydrogen-bond donors (Lipinski definition) is 2. The van der Waals surface area contributed by atoms with E-state index in [9.17, 15) is 0 Å². The number of likely N-dealkylation sites (N-methyl/N-ethyl adjacent to an activating group) is 1. The zero-order valence-corrected chi connectivity index (χ0v) is 12.8. The van der Waals surface area contributed by atoms with Crippen LogP contribution in [0.5, 0.6) is 0 Å². The van der Waals surface area contributed by atoms with E-state index in [1.807, 2.05) is 0 Å². The molecule has 0 aliphatic carbocycles. The highest BCUT2D eigenvalue weighted by Crippen LogP contribution is 2.27. The zero-order valence-electron chi connectivity index (χ0n) is 11.2. The molecule has 2 rings (SSSR count). The van der Waals surface area contributed by atoms with E-state index in [0.29, 0.717) is 6.54 Å². The summed E-state index contributed by atoms with van der Waals surface area (Å²) in [6, 6.07) is 6.42. The zero-order chi connectivity index (χ0) is 13.2. The summed E-state index contributed by atoms with van der Waals surface area (Å²) in [7, 11) is 2.16. The molecule has 0 aromatic heterocycles. The normalized spacial score (nSPS) is 25.1. The number of anilines is 1. The van der Waals surface area contributed by atoms with Crippen molar-refractivity contribution >= 4 is 21.6 Å². The lowest BCUT2D eigenvalue weighted by Crippen LogP contribution is -2.56. The van der Waals surface area contributed by atoms with E-state index in [-0.39, 0.29) is 5.54 Å². The number of halogens is 1. The van der Waals surface area contributed by atoms with Crippen molar-refractivity contribution in [2.75, 3.05) is 32.0 Å². The maximum absolute atomic E-state index is 6.02. The Morgan fingerprint density at radius 3 is 2.83 bits per heavy atom. The van der Waals surface area contributed by atoms with E-state index < -0.39 is 0 Å². The van der Waals surface area contributed by atoms with Gasteiger partial charge in [-0.05, 0) is 57.1 Å². The predicted octanol–water partition coefficient (Wildman–Crippen LogP) is 2.59. The first-order chi connectivity index (χ1) is 8.53. The third-order valence-corrected chi connectivity index (χ3v) is 4.07.